The molecule has 4 aliphatic heterocycles. The number of aromatic nitrogens is 2. The molecule has 2 aromatic rings. The summed E-state index contributed by atoms with van der Waals surface area (Å²) in [5.74, 6) is -0.627. The Labute approximate surface area is 205 Å². The minimum Gasteiger partial charge on any atom is -0.479 e. The molecule has 11 nitrogen and oxygen atoms in total. The zero-order valence-electron chi connectivity index (χ0n) is 18.8. The second kappa shape index (κ2) is 8.73. The van der Waals surface area contributed by atoms with E-state index in [2.05, 4.69) is 10.2 Å². The van der Waals surface area contributed by atoms with Crippen LogP contribution in [0.15, 0.2) is 30.3 Å². The summed E-state index contributed by atoms with van der Waals surface area (Å²) in [5.41, 5.74) is 0.993. The number of hydrogen-bond acceptors (Lipinski definition) is 10. The van der Waals surface area contributed by atoms with Crippen LogP contribution < -0.4 is 4.74 Å². The third-order valence-electron chi connectivity index (χ3n) is 7.73. The van der Waals surface area contributed by atoms with E-state index in [0.717, 1.165) is 30.0 Å². The largest absolute Gasteiger partial charge is 0.479 e. The molecule has 12 heteroatoms. The van der Waals surface area contributed by atoms with Gasteiger partial charge in [0, 0.05) is 23.3 Å². The number of ether oxygens (including phenoxy) is 2. The Hall–Kier alpha value is -2.19. The maximum absolute atomic E-state index is 11.5. The molecule has 1 aliphatic carbocycles. The van der Waals surface area contributed by atoms with Gasteiger partial charge in [0.15, 0.2) is 11.1 Å². The number of aliphatic carboxylic acids is 1. The molecule has 0 spiro atoms. The van der Waals surface area contributed by atoms with Gasteiger partial charge in [-0.05, 0) is 12.8 Å². The van der Waals surface area contributed by atoms with Crippen LogP contribution in [-0.4, -0.2) is 97.7 Å². The molecule has 1 aromatic heterocycles. The van der Waals surface area contributed by atoms with Gasteiger partial charge in [-0.2, -0.15) is 9.48 Å². The van der Waals surface area contributed by atoms with Crippen LogP contribution in [0.1, 0.15) is 12.8 Å². The van der Waals surface area contributed by atoms with Gasteiger partial charge in [0.1, 0.15) is 44.1 Å². The van der Waals surface area contributed by atoms with Gasteiger partial charge in [0.25, 0.3) is 5.19 Å². The molecule has 0 radical (unpaired) electrons. The average molecular weight is 507 g/mol. The highest BCUT2D eigenvalue weighted by Crippen LogP contribution is 2.49. The average Bonchev–Trinajstić information content (AvgIpc) is 3.30. The zero-order chi connectivity index (χ0) is 24.3. The SMILES string of the molecule is O=C(O)[C@H]1O[C@@H](O[N+]23CC4C[C@H](C2)C(Oc2nnc(-c5ccccc5)s2)[C@@H](C4)C3)[C@H](O)[C@@H](O)[C@@H]1O. The molecule has 1 aromatic carbocycles. The Morgan fingerprint density at radius 3 is 2.40 bits per heavy atom. The summed E-state index contributed by atoms with van der Waals surface area (Å²) in [6.45, 7) is 1.95. The number of carbonyl (C=O) groups is 1. The first-order valence-electron chi connectivity index (χ1n) is 11.8. The molecular weight excluding hydrogens is 478 g/mol. The number of carboxylic acid groups (broad SMARTS) is 1. The molecule has 4 bridgehead atoms. The molecule has 35 heavy (non-hydrogen) atoms. The Bertz CT molecular complexity index is 1070. The number of hydrogen-bond donors (Lipinski definition) is 4. The Morgan fingerprint density at radius 2 is 1.71 bits per heavy atom. The Kier molecular flexibility index (Phi) is 5.79. The lowest BCUT2D eigenvalue weighted by molar-refractivity contribution is -1.13. The van der Waals surface area contributed by atoms with Gasteiger partial charge in [-0.3, -0.25) is 0 Å². The van der Waals surface area contributed by atoms with E-state index in [1.54, 1.807) is 0 Å². The van der Waals surface area contributed by atoms with Crippen molar-refractivity contribution in [2.24, 2.45) is 17.8 Å². The number of aliphatic hydroxyl groups is 3. The molecule has 5 heterocycles. The molecule has 10 atom stereocenters. The lowest BCUT2D eigenvalue weighted by Gasteiger charge is -2.58. The van der Waals surface area contributed by atoms with Crippen LogP contribution in [0.3, 0.4) is 0 Å². The maximum Gasteiger partial charge on any atom is 0.335 e. The third-order valence-corrected chi connectivity index (χ3v) is 8.59. The van der Waals surface area contributed by atoms with E-state index < -0.39 is 36.7 Å². The van der Waals surface area contributed by atoms with Gasteiger partial charge in [0.2, 0.25) is 6.29 Å². The number of piperidine rings is 3. The summed E-state index contributed by atoms with van der Waals surface area (Å²) in [6, 6.07) is 9.83. The van der Waals surface area contributed by atoms with Gasteiger partial charge in [0.05, 0.1) is 0 Å². The summed E-state index contributed by atoms with van der Waals surface area (Å²) < 4.78 is 12.0. The maximum atomic E-state index is 11.5. The molecule has 7 rings (SSSR count). The highest BCUT2D eigenvalue weighted by Gasteiger charge is 2.61. The molecule has 5 aliphatic rings. The molecule has 4 saturated heterocycles. The van der Waals surface area contributed by atoms with Crippen molar-refractivity contribution in [2.45, 2.75) is 49.7 Å². The summed E-state index contributed by atoms with van der Waals surface area (Å²) in [7, 11) is 0. The lowest BCUT2D eigenvalue weighted by atomic mass is 9.66. The number of quaternary nitrogens is 1. The van der Waals surface area contributed by atoms with E-state index in [0.29, 0.717) is 24.2 Å². The van der Waals surface area contributed by atoms with Gasteiger partial charge in [-0.25, -0.2) is 4.79 Å². The highest BCUT2D eigenvalue weighted by atomic mass is 32.1. The van der Waals surface area contributed by atoms with E-state index >= 15 is 0 Å². The number of hydroxylamine groups is 3. The summed E-state index contributed by atoms with van der Waals surface area (Å²) in [6.07, 6.45) is -6.07. The molecule has 4 N–H and O–H groups in total. The standard InChI is InChI=1S/C23H27N3O8S/c27-15-16(28)19(21(30)31)32-22(17(15)29)34-26-8-11-6-13(9-26)18(14(7-11)10-26)33-23-25-24-20(35-23)12-4-2-1-3-5-12/h1-5,11,13-19,22,27-29H,6-10H2/p+1/t11?,13-,14+,15-,16-,17+,18?,19-,22-,26?/m0/s1. The lowest BCUT2D eigenvalue weighted by Crippen LogP contribution is -2.73. The fourth-order valence-corrected chi connectivity index (χ4v) is 7.15. The normalized spacial score (nSPS) is 42.2. The smallest absolute Gasteiger partial charge is 0.335 e. The van der Waals surface area contributed by atoms with Crippen molar-refractivity contribution in [3.8, 4) is 15.8 Å². The molecular formula is C23H28N3O8S+. The van der Waals surface area contributed by atoms with Crippen molar-refractivity contribution in [1.29, 1.82) is 0 Å². The first-order valence-corrected chi connectivity index (χ1v) is 12.7. The van der Waals surface area contributed by atoms with Crippen molar-refractivity contribution in [3.63, 3.8) is 0 Å². The first kappa shape index (κ1) is 23.2. The van der Waals surface area contributed by atoms with Crippen molar-refractivity contribution < 1.29 is 44.2 Å². The van der Waals surface area contributed by atoms with E-state index in [9.17, 15) is 25.2 Å². The second-order valence-electron chi connectivity index (χ2n) is 10.1. The molecule has 188 valence electrons. The Morgan fingerprint density at radius 1 is 1.00 bits per heavy atom. The zero-order valence-corrected chi connectivity index (χ0v) is 19.6. The van der Waals surface area contributed by atoms with E-state index in [1.165, 1.54) is 11.3 Å². The summed E-state index contributed by atoms with van der Waals surface area (Å²) >= 11 is 1.42. The molecule has 3 unspecified atom stereocenters. The van der Waals surface area contributed by atoms with Crippen LogP contribution in [0, 0.1) is 17.8 Å². The van der Waals surface area contributed by atoms with Crippen molar-refractivity contribution in [2.75, 3.05) is 19.6 Å². The number of aliphatic hydroxyl groups excluding tert-OH is 3. The molecule has 1 saturated carbocycles. The van der Waals surface area contributed by atoms with Gasteiger partial charge < -0.3 is 29.9 Å². The fourth-order valence-electron chi connectivity index (χ4n) is 6.41. The number of rotatable bonds is 6. The van der Waals surface area contributed by atoms with Crippen LogP contribution in [-0.2, 0) is 14.4 Å². The fraction of sp³-hybridized carbons (Fsp3) is 0.609. The number of carboxylic acids is 1. The minimum absolute atomic E-state index is 0.0330. The molecule has 5 fully saturated rings. The minimum atomic E-state index is -1.74. The number of nitrogens with zero attached hydrogens (tertiary/aromatic N) is 3. The van der Waals surface area contributed by atoms with Crippen LogP contribution in [0.4, 0.5) is 0 Å². The monoisotopic (exact) mass is 506 g/mol. The van der Waals surface area contributed by atoms with Crippen LogP contribution >= 0.6 is 11.3 Å². The van der Waals surface area contributed by atoms with Crippen molar-refractivity contribution in [3.05, 3.63) is 30.3 Å². The van der Waals surface area contributed by atoms with Crippen molar-refractivity contribution >= 4 is 17.3 Å². The summed E-state index contributed by atoms with van der Waals surface area (Å²) in [4.78, 5) is 17.7. The van der Waals surface area contributed by atoms with Gasteiger partial charge in [-0.15, -0.1) is 5.10 Å². The van der Waals surface area contributed by atoms with Crippen molar-refractivity contribution in [1.82, 2.24) is 10.2 Å². The quantitative estimate of drug-likeness (QED) is 0.402. The first-order chi connectivity index (χ1) is 16.8. The van der Waals surface area contributed by atoms with E-state index in [-0.39, 0.29) is 22.6 Å². The highest BCUT2D eigenvalue weighted by molar-refractivity contribution is 7.16. The van der Waals surface area contributed by atoms with E-state index in [1.807, 2.05) is 30.3 Å². The predicted octanol–water partition coefficient (Wildman–Crippen LogP) is 0.263. The van der Waals surface area contributed by atoms with Gasteiger partial charge >= 0.3 is 5.97 Å². The second-order valence-corrected chi connectivity index (χ2v) is 11.1. The Balaban J connectivity index is 1.16. The van der Waals surface area contributed by atoms with Gasteiger partial charge in [-0.1, -0.05) is 46.8 Å². The molecule has 0 amide bonds. The van der Waals surface area contributed by atoms with Crippen LogP contribution in [0.2, 0.25) is 0 Å². The summed E-state index contributed by atoms with van der Waals surface area (Å²) in [5, 5.41) is 49.8. The topological polar surface area (TPSA) is 151 Å². The predicted molar refractivity (Wildman–Crippen MR) is 120 cm³/mol. The van der Waals surface area contributed by atoms with Crippen LogP contribution in [0.5, 0.6) is 5.19 Å². The van der Waals surface area contributed by atoms with Crippen LogP contribution in [0.25, 0.3) is 10.6 Å². The van der Waals surface area contributed by atoms with E-state index in [4.69, 9.17) is 14.3 Å². The number of benzene rings is 1. The third kappa shape index (κ3) is 4.12.